The molecule has 0 radical (unpaired) electrons. The number of hydrogen-bond acceptors (Lipinski definition) is 10. The van der Waals surface area contributed by atoms with Gasteiger partial charge >= 0.3 is 5.00 Å². The number of benzene rings is 1. The molecule has 0 saturated heterocycles. The first kappa shape index (κ1) is 16.3. The number of thioether (sulfide) groups is 1. The van der Waals surface area contributed by atoms with E-state index in [9.17, 15) is 10.1 Å². The minimum Gasteiger partial charge on any atom is -0.486 e. The fraction of sp³-hybridized carbons (Fsp3) is 0.167. The Kier molecular flexibility index (Phi) is 4.69. The van der Waals surface area contributed by atoms with E-state index in [4.69, 9.17) is 21.2 Å². The highest BCUT2D eigenvalue weighted by molar-refractivity contribution is 8.15. The number of anilines is 1. The molecule has 12 heteroatoms. The van der Waals surface area contributed by atoms with Gasteiger partial charge in [-0.15, -0.1) is 0 Å². The third-order valence-corrected chi connectivity index (χ3v) is 4.96. The summed E-state index contributed by atoms with van der Waals surface area (Å²) in [6, 6.07) is 5.16. The number of amidine groups is 1. The van der Waals surface area contributed by atoms with Crippen LogP contribution in [0.15, 0.2) is 33.8 Å². The predicted molar refractivity (Wildman–Crippen MR) is 90.3 cm³/mol. The molecule has 10 nitrogen and oxygen atoms in total. The second kappa shape index (κ2) is 6.90. The first-order valence-corrected chi connectivity index (χ1v) is 8.22. The summed E-state index contributed by atoms with van der Waals surface area (Å²) in [6.07, 6.45) is 1.17. The first-order valence-electron chi connectivity index (χ1n) is 6.59. The number of thiazole rings is 1. The zero-order chi connectivity index (χ0) is 17.1. The molecule has 0 saturated carbocycles. The number of aromatic nitrogens is 1. The van der Waals surface area contributed by atoms with Gasteiger partial charge in [-0.25, -0.2) is 10.8 Å². The molecule has 1 aliphatic rings. The molecule has 0 atom stereocenters. The monoisotopic (exact) mass is 368 g/mol. The summed E-state index contributed by atoms with van der Waals surface area (Å²) in [5.41, 5.74) is 0.571. The van der Waals surface area contributed by atoms with Gasteiger partial charge in [-0.05, 0) is 35.2 Å². The smallest absolute Gasteiger partial charge is 0.344 e. The molecule has 0 spiro atoms. The van der Waals surface area contributed by atoms with Crippen LogP contribution in [0.2, 0.25) is 0 Å². The minimum absolute atomic E-state index is 0.0724. The van der Waals surface area contributed by atoms with E-state index < -0.39 is 4.92 Å². The van der Waals surface area contributed by atoms with Crippen molar-refractivity contribution in [3.8, 4) is 11.5 Å². The second-order valence-electron chi connectivity index (χ2n) is 4.43. The number of nitrogens with zero attached hydrogens (tertiary/aromatic N) is 4. The predicted octanol–water partition coefficient (Wildman–Crippen LogP) is 1.52. The molecule has 126 valence electrons. The summed E-state index contributed by atoms with van der Waals surface area (Å²) in [7, 11) is 0. The van der Waals surface area contributed by atoms with Crippen molar-refractivity contribution in [2.45, 2.75) is 4.34 Å². The topological polar surface area (TPSA) is 142 Å². The lowest BCUT2D eigenvalue weighted by Gasteiger charge is -2.22. The molecule has 1 aromatic heterocycles. The van der Waals surface area contributed by atoms with Crippen LogP contribution in [-0.4, -0.2) is 28.3 Å². The molecule has 24 heavy (non-hydrogen) atoms. The highest BCUT2D eigenvalue weighted by atomic mass is 32.2. The van der Waals surface area contributed by atoms with Crippen molar-refractivity contribution in [1.82, 2.24) is 4.98 Å². The second-order valence-corrected chi connectivity index (χ2v) is 6.66. The van der Waals surface area contributed by atoms with Gasteiger partial charge in [-0.1, -0.05) is 0 Å². The van der Waals surface area contributed by atoms with Crippen LogP contribution in [0.3, 0.4) is 0 Å². The Morgan fingerprint density at radius 1 is 1.42 bits per heavy atom. The lowest BCUT2D eigenvalue weighted by molar-refractivity contribution is -0.380. The molecular formula is C12H12N6O4S2. The van der Waals surface area contributed by atoms with Gasteiger partial charge in [-0.3, -0.25) is 15.1 Å². The quantitative estimate of drug-likeness (QED) is 0.206. The Labute approximate surface area is 144 Å². The van der Waals surface area contributed by atoms with Gasteiger partial charge in [0.25, 0.3) is 0 Å². The highest BCUT2D eigenvalue weighted by Crippen LogP contribution is 2.35. The van der Waals surface area contributed by atoms with Crippen LogP contribution in [-0.2, 0) is 0 Å². The number of hydrazone groups is 1. The third-order valence-electron chi connectivity index (χ3n) is 2.95. The van der Waals surface area contributed by atoms with Crippen LogP contribution in [0, 0.1) is 10.1 Å². The average Bonchev–Trinajstić information content (AvgIpc) is 3.07. The zero-order valence-electron chi connectivity index (χ0n) is 12.1. The van der Waals surface area contributed by atoms with Gasteiger partial charge in [0.2, 0.25) is 5.17 Å². The number of nitro groups is 1. The number of nitrogens with two attached hydrogens (primary N) is 2. The average molecular weight is 368 g/mol. The third kappa shape index (κ3) is 3.34. The summed E-state index contributed by atoms with van der Waals surface area (Å²) in [6.45, 7) is 0.948. The van der Waals surface area contributed by atoms with Gasteiger partial charge in [0.05, 0.1) is 10.6 Å². The fourth-order valence-corrected chi connectivity index (χ4v) is 3.52. The van der Waals surface area contributed by atoms with E-state index in [0.717, 1.165) is 23.1 Å². The Morgan fingerprint density at radius 3 is 2.83 bits per heavy atom. The van der Waals surface area contributed by atoms with Crippen LogP contribution < -0.4 is 26.2 Å². The summed E-state index contributed by atoms with van der Waals surface area (Å²) >= 11 is 1.93. The molecule has 0 amide bonds. The summed E-state index contributed by atoms with van der Waals surface area (Å²) in [5, 5.41) is 15.7. The Morgan fingerprint density at radius 2 is 2.17 bits per heavy atom. The molecule has 2 heterocycles. The molecular weight excluding hydrogens is 356 g/mol. The van der Waals surface area contributed by atoms with Crippen LogP contribution in [0.4, 0.5) is 10.7 Å². The Hall–Kier alpha value is -2.57. The zero-order valence-corrected chi connectivity index (χ0v) is 13.7. The van der Waals surface area contributed by atoms with Crippen molar-refractivity contribution in [3.63, 3.8) is 0 Å². The maximum Gasteiger partial charge on any atom is 0.344 e. The Bertz CT molecular complexity index is 796. The molecule has 0 aliphatic carbocycles. The van der Waals surface area contributed by atoms with E-state index in [2.05, 4.69) is 10.1 Å². The van der Waals surface area contributed by atoms with E-state index in [1.807, 2.05) is 0 Å². The minimum atomic E-state index is -0.512. The lowest BCUT2D eigenvalue weighted by Crippen LogP contribution is -2.36. The van der Waals surface area contributed by atoms with Gasteiger partial charge < -0.3 is 15.3 Å². The maximum atomic E-state index is 10.7. The van der Waals surface area contributed by atoms with Gasteiger partial charge in [-0.2, -0.15) is 5.10 Å². The largest absolute Gasteiger partial charge is 0.486 e. The normalized spacial score (nSPS) is 13.6. The van der Waals surface area contributed by atoms with Crippen molar-refractivity contribution in [2.75, 3.05) is 18.2 Å². The van der Waals surface area contributed by atoms with Crippen LogP contribution in [0.1, 0.15) is 0 Å². The summed E-state index contributed by atoms with van der Waals surface area (Å²) in [4.78, 5) is 14.1. The molecule has 1 aliphatic heterocycles. The van der Waals surface area contributed by atoms with E-state index >= 15 is 0 Å². The Balaban J connectivity index is 1.78. The van der Waals surface area contributed by atoms with Gasteiger partial charge in [0.15, 0.2) is 15.8 Å². The van der Waals surface area contributed by atoms with Crippen molar-refractivity contribution >= 4 is 39.0 Å². The number of ether oxygens (including phenoxy) is 2. The van der Waals surface area contributed by atoms with E-state index in [1.165, 1.54) is 11.2 Å². The van der Waals surface area contributed by atoms with Crippen LogP contribution in [0.5, 0.6) is 11.5 Å². The first-order chi connectivity index (χ1) is 11.6. The number of rotatable bonds is 3. The van der Waals surface area contributed by atoms with Crippen LogP contribution in [0.25, 0.3) is 0 Å². The molecule has 3 rings (SSSR count). The van der Waals surface area contributed by atoms with E-state index in [0.29, 0.717) is 34.7 Å². The number of hydrazine groups is 1. The number of hydrogen-bond donors (Lipinski definition) is 2. The van der Waals surface area contributed by atoms with E-state index in [1.54, 1.807) is 18.2 Å². The molecule has 1 aromatic carbocycles. The van der Waals surface area contributed by atoms with Crippen molar-refractivity contribution in [1.29, 1.82) is 0 Å². The van der Waals surface area contributed by atoms with Gasteiger partial charge in [0.1, 0.15) is 19.4 Å². The molecule has 0 unspecified atom stereocenters. The molecule has 4 N–H and O–H groups in total. The summed E-state index contributed by atoms with van der Waals surface area (Å²) in [5.74, 6) is 12.6. The van der Waals surface area contributed by atoms with Crippen LogP contribution >= 0.6 is 23.1 Å². The SMILES string of the molecule is N/N=C(/Sc1ncc([N+](=O)[O-])s1)N(N)c1ccc2c(c1)OCCO2. The molecule has 0 bridgehead atoms. The lowest BCUT2D eigenvalue weighted by atomic mass is 10.2. The number of fused-ring (bicyclic) bond motifs is 1. The summed E-state index contributed by atoms with van der Waals surface area (Å²) < 4.78 is 11.4. The molecule has 2 aromatic rings. The van der Waals surface area contributed by atoms with Crippen molar-refractivity contribution in [3.05, 3.63) is 34.5 Å². The molecule has 0 fully saturated rings. The van der Waals surface area contributed by atoms with Crippen molar-refractivity contribution in [2.24, 2.45) is 16.8 Å². The fourth-order valence-electron chi connectivity index (χ4n) is 1.89. The van der Waals surface area contributed by atoms with Gasteiger partial charge in [0, 0.05) is 6.07 Å². The standard InChI is InChI=1S/C12H12N6O4S2/c13-16-11(24-12-15-6-10(23-12)18(19)20)17(14)7-1-2-8-9(5-7)22-4-3-21-8/h1-2,5-6H,3-4,13-14H2/b16-11+. The van der Waals surface area contributed by atoms with E-state index in [-0.39, 0.29) is 10.2 Å². The highest BCUT2D eigenvalue weighted by Gasteiger charge is 2.19. The maximum absolute atomic E-state index is 10.7. The van der Waals surface area contributed by atoms with Crippen molar-refractivity contribution < 1.29 is 14.4 Å².